The standard InChI is InChI=1S/C10H12BrNO2S/c11-9-5-1-2-6-10(9)12-7-3-4-8-15(12,13)14/h1-2,5-6H,3-4,7-8H2. The van der Waals surface area contributed by atoms with Crippen LogP contribution in [0.1, 0.15) is 12.8 Å². The molecule has 0 atom stereocenters. The summed E-state index contributed by atoms with van der Waals surface area (Å²) in [4.78, 5) is 0. The average molecular weight is 290 g/mol. The van der Waals surface area contributed by atoms with Crippen LogP contribution in [0.5, 0.6) is 0 Å². The van der Waals surface area contributed by atoms with Crippen molar-refractivity contribution in [1.82, 2.24) is 0 Å². The summed E-state index contributed by atoms with van der Waals surface area (Å²) in [5, 5.41) is 0. The molecule has 0 unspecified atom stereocenters. The van der Waals surface area contributed by atoms with Gasteiger partial charge in [-0.3, -0.25) is 4.31 Å². The molecule has 1 saturated heterocycles. The summed E-state index contributed by atoms with van der Waals surface area (Å²) in [6.45, 7) is 0.588. The molecular formula is C10H12BrNO2S. The molecule has 3 nitrogen and oxygen atoms in total. The molecule has 1 fully saturated rings. The number of para-hydroxylation sites is 1. The second kappa shape index (κ2) is 4.14. The third-order valence-corrected chi connectivity index (χ3v) is 5.00. The summed E-state index contributed by atoms with van der Waals surface area (Å²) in [6.07, 6.45) is 1.70. The lowest BCUT2D eigenvalue weighted by molar-refractivity contribution is 0.574. The van der Waals surface area contributed by atoms with E-state index in [0.717, 1.165) is 23.0 Å². The highest BCUT2D eigenvalue weighted by Gasteiger charge is 2.26. The van der Waals surface area contributed by atoms with E-state index in [1.54, 1.807) is 0 Å². The van der Waals surface area contributed by atoms with E-state index in [2.05, 4.69) is 15.9 Å². The number of sulfonamides is 1. The molecule has 1 aromatic rings. The first-order valence-corrected chi connectivity index (χ1v) is 7.26. The second-order valence-electron chi connectivity index (χ2n) is 3.55. The van der Waals surface area contributed by atoms with Gasteiger partial charge in [0.15, 0.2) is 0 Å². The van der Waals surface area contributed by atoms with Crippen molar-refractivity contribution in [3.8, 4) is 0 Å². The zero-order valence-corrected chi connectivity index (χ0v) is 10.6. The van der Waals surface area contributed by atoms with Crippen LogP contribution < -0.4 is 4.31 Å². The molecule has 1 heterocycles. The summed E-state index contributed by atoms with van der Waals surface area (Å²) in [5.41, 5.74) is 0.747. The first kappa shape index (κ1) is 11.0. The Morgan fingerprint density at radius 1 is 1.20 bits per heavy atom. The smallest absolute Gasteiger partial charge is 0.235 e. The van der Waals surface area contributed by atoms with E-state index in [1.165, 1.54) is 4.31 Å². The van der Waals surface area contributed by atoms with Gasteiger partial charge in [0.25, 0.3) is 0 Å². The molecule has 1 aliphatic heterocycles. The zero-order chi connectivity index (χ0) is 10.9. The minimum atomic E-state index is -3.10. The van der Waals surface area contributed by atoms with Gasteiger partial charge in [0.05, 0.1) is 11.4 Å². The maximum absolute atomic E-state index is 11.8. The first-order chi connectivity index (χ1) is 7.11. The maximum Gasteiger partial charge on any atom is 0.235 e. The van der Waals surface area contributed by atoms with Gasteiger partial charge in [0.2, 0.25) is 10.0 Å². The minimum absolute atomic E-state index is 0.258. The molecular weight excluding hydrogens is 278 g/mol. The molecule has 0 amide bonds. The molecule has 2 rings (SSSR count). The van der Waals surface area contributed by atoms with Crippen LogP contribution in [0.3, 0.4) is 0 Å². The van der Waals surface area contributed by atoms with Gasteiger partial charge in [-0.1, -0.05) is 12.1 Å². The van der Waals surface area contributed by atoms with Crippen molar-refractivity contribution in [1.29, 1.82) is 0 Å². The van der Waals surface area contributed by atoms with Crippen molar-refractivity contribution in [2.75, 3.05) is 16.6 Å². The predicted molar refractivity (Wildman–Crippen MR) is 64.5 cm³/mol. The third-order valence-electron chi connectivity index (χ3n) is 2.47. The van der Waals surface area contributed by atoms with Crippen LogP contribution in [0.2, 0.25) is 0 Å². The lowest BCUT2D eigenvalue weighted by Crippen LogP contribution is -2.38. The average Bonchev–Trinajstić information content (AvgIpc) is 2.19. The molecule has 0 saturated carbocycles. The Kier molecular flexibility index (Phi) is 3.02. The SMILES string of the molecule is O=S1(=O)CCCCN1c1ccccc1Br. The van der Waals surface area contributed by atoms with Crippen molar-refractivity contribution in [2.45, 2.75) is 12.8 Å². The molecule has 0 bridgehead atoms. The number of hydrogen-bond donors (Lipinski definition) is 0. The number of rotatable bonds is 1. The second-order valence-corrected chi connectivity index (χ2v) is 6.41. The van der Waals surface area contributed by atoms with Crippen LogP contribution in [-0.2, 0) is 10.0 Å². The zero-order valence-electron chi connectivity index (χ0n) is 8.19. The Morgan fingerprint density at radius 2 is 1.93 bits per heavy atom. The van der Waals surface area contributed by atoms with E-state index in [0.29, 0.717) is 6.54 Å². The van der Waals surface area contributed by atoms with Crippen LogP contribution in [0, 0.1) is 0 Å². The summed E-state index contributed by atoms with van der Waals surface area (Å²) < 4.78 is 26.0. The highest BCUT2D eigenvalue weighted by Crippen LogP contribution is 2.30. The number of halogens is 1. The summed E-state index contributed by atoms with van der Waals surface area (Å²) in [6, 6.07) is 7.42. The molecule has 0 spiro atoms. The summed E-state index contributed by atoms with van der Waals surface area (Å²) in [7, 11) is -3.10. The fourth-order valence-corrected chi connectivity index (χ4v) is 3.99. The normalized spacial score (nSPS) is 20.2. The molecule has 1 aromatic carbocycles. The van der Waals surface area contributed by atoms with E-state index in [-0.39, 0.29) is 5.75 Å². The van der Waals surface area contributed by atoms with Gasteiger partial charge >= 0.3 is 0 Å². The molecule has 5 heteroatoms. The number of benzene rings is 1. The molecule has 0 N–H and O–H groups in total. The Bertz CT molecular complexity index is 458. The molecule has 82 valence electrons. The van der Waals surface area contributed by atoms with Crippen molar-refractivity contribution < 1.29 is 8.42 Å². The molecule has 0 aromatic heterocycles. The highest BCUT2D eigenvalue weighted by molar-refractivity contribution is 9.10. The Hall–Kier alpha value is -0.550. The van der Waals surface area contributed by atoms with Crippen molar-refractivity contribution in [2.24, 2.45) is 0 Å². The molecule has 0 aliphatic carbocycles. The summed E-state index contributed by atoms with van der Waals surface area (Å²) >= 11 is 3.38. The fraction of sp³-hybridized carbons (Fsp3) is 0.400. The van der Waals surface area contributed by atoms with Gasteiger partial charge in [-0.25, -0.2) is 8.42 Å². The van der Waals surface area contributed by atoms with Crippen LogP contribution >= 0.6 is 15.9 Å². The fourth-order valence-electron chi connectivity index (χ4n) is 1.71. The van der Waals surface area contributed by atoms with Crippen molar-refractivity contribution in [3.05, 3.63) is 28.7 Å². The third kappa shape index (κ3) is 2.18. The van der Waals surface area contributed by atoms with Crippen molar-refractivity contribution >= 4 is 31.6 Å². The van der Waals surface area contributed by atoms with Gasteiger partial charge < -0.3 is 0 Å². The lowest BCUT2D eigenvalue weighted by Gasteiger charge is -2.28. The molecule has 0 radical (unpaired) electrons. The number of anilines is 1. The molecule has 1 aliphatic rings. The quantitative estimate of drug-likeness (QED) is 0.796. The van der Waals surface area contributed by atoms with Crippen LogP contribution in [0.4, 0.5) is 5.69 Å². The van der Waals surface area contributed by atoms with E-state index < -0.39 is 10.0 Å². The minimum Gasteiger partial charge on any atom is -0.269 e. The van der Waals surface area contributed by atoms with Crippen LogP contribution in [-0.4, -0.2) is 20.7 Å². The Morgan fingerprint density at radius 3 is 2.60 bits per heavy atom. The van der Waals surface area contributed by atoms with E-state index in [1.807, 2.05) is 24.3 Å². The van der Waals surface area contributed by atoms with E-state index in [9.17, 15) is 8.42 Å². The van der Waals surface area contributed by atoms with Crippen molar-refractivity contribution in [3.63, 3.8) is 0 Å². The van der Waals surface area contributed by atoms with E-state index >= 15 is 0 Å². The Balaban J connectivity index is 2.42. The maximum atomic E-state index is 11.8. The van der Waals surface area contributed by atoms with Gasteiger partial charge in [-0.15, -0.1) is 0 Å². The topological polar surface area (TPSA) is 37.4 Å². The largest absolute Gasteiger partial charge is 0.269 e. The number of hydrogen-bond acceptors (Lipinski definition) is 2. The summed E-state index contributed by atoms with van der Waals surface area (Å²) in [5.74, 6) is 0.258. The molecule has 15 heavy (non-hydrogen) atoms. The lowest BCUT2D eigenvalue weighted by atomic mass is 10.3. The van der Waals surface area contributed by atoms with Crippen LogP contribution in [0.25, 0.3) is 0 Å². The van der Waals surface area contributed by atoms with E-state index in [4.69, 9.17) is 0 Å². The predicted octanol–water partition coefficient (Wildman–Crippen LogP) is 2.38. The van der Waals surface area contributed by atoms with Gasteiger partial charge in [0, 0.05) is 11.0 Å². The van der Waals surface area contributed by atoms with Crippen LogP contribution in [0.15, 0.2) is 28.7 Å². The van der Waals surface area contributed by atoms with Gasteiger partial charge in [0.1, 0.15) is 0 Å². The van der Waals surface area contributed by atoms with Gasteiger partial charge in [-0.05, 0) is 40.9 Å². The Labute approximate surface area is 98.3 Å². The highest BCUT2D eigenvalue weighted by atomic mass is 79.9. The monoisotopic (exact) mass is 289 g/mol. The first-order valence-electron chi connectivity index (χ1n) is 4.86. The van der Waals surface area contributed by atoms with Gasteiger partial charge in [-0.2, -0.15) is 0 Å². The number of nitrogens with zero attached hydrogens (tertiary/aromatic N) is 1.